The molecule has 3 nitrogen and oxygen atoms in total. The molecule has 0 saturated carbocycles. The highest BCUT2D eigenvalue weighted by Gasteiger charge is 2.17. The van der Waals surface area contributed by atoms with Crippen LogP contribution in [0.4, 0.5) is 5.69 Å². The number of hydrogen-bond donors (Lipinski definition) is 1. The Kier molecular flexibility index (Phi) is 4.86. The minimum atomic E-state index is 0.332. The van der Waals surface area contributed by atoms with Crippen LogP contribution in [-0.4, -0.2) is 42.7 Å². The van der Waals surface area contributed by atoms with Gasteiger partial charge in [0.15, 0.2) is 0 Å². The van der Waals surface area contributed by atoms with E-state index in [1.54, 1.807) is 12.1 Å². The van der Waals surface area contributed by atoms with Crippen molar-refractivity contribution < 1.29 is 5.11 Å². The van der Waals surface area contributed by atoms with Crippen molar-refractivity contribution in [2.45, 2.75) is 6.42 Å². The first-order chi connectivity index (χ1) is 10.7. The van der Waals surface area contributed by atoms with E-state index < -0.39 is 0 Å². The van der Waals surface area contributed by atoms with Crippen molar-refractivity contribution in [1.29, 1.82) is 0 Å². The normalized spacial score (nSPS) is 16.0. The predicted molar refractivity (Wildman–Crippen MR) is 91.9 cm³/mol. The summed E-state index contributed by atoms with van der Waals surface area (Å²) < 4.78 is 0. The monoisotopic (exact) mass is 316 g/mol. The first kappa shape index (κ1) is 15.2. The maximum atomic E-state index is 9.31. The van der Waals surface area contributed by atoms with Crippen LogP contribution in [0.3, 0.4) is 0 Å². The van der Waals surface area contributed by atoms with Gasteiger partial charge in [0.2, 0.25) is 0 Å². The van der Waals surface area contributed by atoms with Crippen molar-refractivity contribution in [3.63, 3.8) is 0 Å². The summed E-state index contributed by atoms with van der Waals surface area (Å²) in [4.78, 5) is 4.89. The number of rotatable bonds is 4. The Bertz CT molecular complexity index is 607. The van der Waals surface area contributed by atoms with E-state index in [0.717, 1.165) is 44.2 Å². The summed E-state index contributed by atoms with van der Waals surface area (Å²) in [5.74, 6) is 0.332. The van der Waals surface area contributed by atoms with E-state index in [9.17, 15) is 5.11 Å². The fourth-order valence-electron chi connectivity index (χ4n) is 2.85. The predicted octanol–water partition coefficient (Wildman–Crippen LogP) is 3.41. The highest BCUT2D eigenvalue weighted by Crippen LogP contribution is 2.21. The van der Waals surface area contributed by atoms with Gasteiger partial charge < -0.3 is 10.0 Å². The number of hydrogen-bond acceptors (Lipinski definition) is 3. The van der Waals surface area contributed by atoms with Crippen LogP contribution in [0.1, 0.15) is 5.56 Å². The summed E-state index contributed by atoms with van der Waals surface area (Å²) in [6.07, 6.45) is 1.03. The average Bonchev–Trinajstić information content (AvgIpc) is 2.55. The molecule has 4 heteroatoms. The Balaban J connectivity index is 1.48. The Morgan fingerprint density at radius 2 is 1.68 bits per heavy atom. The molecule has 0 radical (unpaired) electrons. The summed E-state index contributed by atoms with van der Waals surface area (Å²) >= 11 is 6.07. The summed E-state index contributed by atoms with van der Waals surface area (Å²) in [5.41, 5.74) is 2.49. The van der Waals surface area contributed by atoms with Crippen LogP contribution < -0.4 is 4.90 Å². The SMILES string of the molecule is Oc1ccc(CCN2CCN(c3cccc(Cl)c3)CC2)cc1. The molecular formula is C18H21ClN2O. The summed E-state index contributed by atoms with van der Waals surface area (Å²) in [7, 11) is 0. The van der Waals surface area contributed by atoms with Crippen LogP contribution in [0.2, 0.25) is 5.02 Å². The second kappa shape index (κ2) is 7.03. The molecule has 1 heterocycles. The molecule has 1 N–H and O–H groups in total. The van der Waals surface area contributed by atoms with Gasteiger partial charge in [0, 0.05) is 43.4 Å². The Morgan fingerprint density at radius 3 is 2.36 bits per heavy atom. The molecule has 0 amide bonds. The van der Waals surface area contributed by atoms with Crippen LogP contribution >= 0.6 is 11.6 Å². The van der Waals surface area contributed by atoms with Crippen molar-refractivity contribution in [2.24, 2.45) is 0 Å². The van der Waals surface area contributed by atoms with Gasteiger partial charge >= 0.3 is 0 Å². The molecule has 2 aromatic carbocycles. The smallest absolute Gasteiger partial charge is 0.115 e. The van der Waals surface area contributed by atoms with Crippen LogP contribution in [0, 0.1) is 0 Å². The number of anilines is 1. The zero-order valence-electron chi connectivity index (χ0n) is 12.6. The van der Waals surface area contributed by atoms with Crippen LogP contribution in [0.25, 0.3) is 0 Å². The second-order valence-corrected chi connectivity index (χ2v) is 6.16. The molecule has 116 valence electrons. The van der Waals surface area contributed by atoms with E-state index >= 15 is 0 Å². The van der Waals surface area contributed by atoms with Gasteiger partial charge in [-0.3, -0.25) is 4.90 Å². The molecule has 1 fully saturated rings. The first-order valence-corrected chi connectivity index (χ1v) is 8.09. The third-order valence-electron chi connectivity index (χ3n) is 4.20. The molecule has 2 aromatic rings. The summed E-state index contributed by atoms with van der Waals surface area (Å²) in [6.45, 7) is 5.29. The first-order valence-electron chi connectivity index (χ1n) is 7.71. The standard InChI is InChI=1S/C18H21ClN2O/c19-16-2-1-3-17(14-16)21-12-10-20(11-13-21)9-8-15-4-6-18(22)7-5-15/h1-7,14,22H,8-13H2. The van der Waals surface area contributed by atoms with Gasteiger partial charge in [0.25, 0.3) is 0 Å². The molecule has 0 aromatic heterocycles. The van der Waals surface area contributed by atoms with Crippen LogP contribution in [0.15, 0.2) is 48.5 Å². The molecule has 0 spiro atoms. The summed E-state index contributed by atoms with van der Waals surface area (Å²) in [5, 5.41) is 10.1. The minimum Gasteiger partial charge on any atom is -0.508 e. The topological polar surface area (TPSA) is 26.7 Å². The lowest BCUT2D eigenvalue weighted by Gasteiger charge is -2.36. The molecule has 3 rings (SSSR count). The van der Waals surface area contributed by atoms with Crippen molar-refractivity contribution in [3.05, 3.63) is 59.1 Å². The zero-order chi connectivity index (χ0) is 15.4. The number of phenols is 1. The number of piperazine rings is 1. The fourth-order valence-corrected chi connectivity index (χ4v) is 3.04. The van der Waals surface area contributed by atoms with E-state index in [-0.39, 0.29) is 0 Å². The number of phenolic OH excluding ortho intramolecular Hbond substituents is 1. The van der Waals surface area contributed by atoms with Gasteiger partial charge in [0.1, 0.15) is 5.75 Å². The maximum Gasteiger partial charge on any atom is 0.115 e. The molecule has 0 bridgehead atoms. The Labute approximate surface area is 136 Å². The lowest BCUT2D eigenvalue weighted by Crippen LogP contribution is -2.47. The molecule has 1 aliphatic rings. The van der Waals surface area contributed by atoms with Crippen molar-refractivity contribution >= 4 is 17.3 Å². The molecule has 22 heavy (non-hydrogen) atoms. The quantitative estimate of drug-likeness (QED) is 0.936. The number of halogens is 1. The van der Waals surface area contributed by atoms with E-state index in [1.165, 1.54) is 11.3 Å². The minimum absolute atomic E-state index is 0.332. The third kappa shape index (κ3) is 3.93. The zero-order valence-corrected chi connectivity index (χ0v) is 13.3. The van der Waals surface area contributed by atoms with E-state index in [4.69, 9.17) is 11.6 Å². The van der Waals surface area contributed by atoms with Crippen LogP contribution in [-0.2, 0) is 6.42 Å². The molecule has 0 unspecified atom stereocenters. The van der Waals surface area contributed by atoms with Gasteiger partial charge in [-0.15, -0.1) is 0 Å². The van der Waals surface area contributed by atoms with Gasteiger partial charge in [-0.2, -0.15) is 0 Å². The Hall–Kier alpha value is -1.71. The van der Waals surface area contributed by atoms with Crippen molar-refractivity contribution in [3.8, 4) is 5.75 Å². The highest BCUT2D eigenvalue weighted by molar-refractivity contribution is 6.30. The van der Waals surface area contributed by atoms with Crippen molar-refractivity contribution in [2.75, 3.05) is 37.6 Å². The van der Waals surface area contributed by atoms with Gasteiger partial charge in [-0.1, -0.05) is 29.8 Å². The number of aromatic hydroxyl groups is 1. The highest BCUT2D eigenvalue weighted by atomic mass is 35.5. The molecule has 1 saturated heterocycles. The lowest BCUT2D eigenvalue weighted by atomic mass is 10.1. The van der Waals surface area contributed by atoms with Crippen molar-refractivity contribution in [1.82, 2.24) is 4.90 Å². The second-order valence-electron chi connectivity index (χ2n) is 5.73. The summed E-state index contributed by atoms with van der Waals surface area (Å²) in [6, 6.07) is 15.6. The lowest BCUT2D eigenvalue weighted by molar-refractivity contribution is 0.261. The molecule has 0 aliphatic carbocycles. The van der Waals surface area contributed by atoms with E-state index in [0.29, 0.717) is 5.75 Å². The average molecular weight is 317 g/mol. The van der Waals surface area contributed by atoms with Gasteiger partial charge in [0.05, 0.1) is 0 Å². The molecule has 1 aliphatic heterocycles. The molecular weight excluding hydrogens is 296 g/mol. The fraction of sp³-hybridized carbons (Fsp3) is 0.333. The number of nitrogens with zero attached hydrogens (tertiary/aromatic N) is 2. The largest absolute Gasteiger partial charge is 0.508 e. The molecule has 0 atom stereocenters. The third-order valence-corrected chi connectivity index (χ3v) is 4.43. The van der Waals surface area contributed by atoms with E-state index in [1.807, 2.05) is 30.3 Å². The van der Waals surface area contributed by atoms with E-state index in [2.05, 4.69) is 15.9 Å². The van der Waals surface area contributed by atoms with Gasteiger partial charge in [-0.05, 0) is 42.3 Å². The number of benzene rings is 2. The Morgan fingerprint density at radius 1 is 0.955 bits per heavy atom. The van der Waals surface area contributed by atoms with Crippen LogP contribution in [0.5, 0.6) is 5.75 Å². The van der Waals surface area contributed by atoms with Gasteiger partial charge in [-0.25, -0.2) is 0 Å². The maximum absolute atomic E-state index is 9.31.